The van der Waals surface area contributed by atoms with E-state index in [2.05, 4.69) is 10.3 Å². The molecule has 1 aliphatic rings. The fourth-order valence-corrected chi connectivity index (χ4v) is 2.10. The van der Waals surface area contributed by atoms with Gasteiger partial charge in [0.15, 0.2) is 11.5 Å². The van der Waals surface area contributed by atoms with Crippen molar-refractivity contribution in [1.29, 1.82) is 0 Å². The van der Waals surface area contributed by atoms with Gasteiger partial charge in [0.05, 0.1) is 6.20 Å². The average molecular weight is 288 g/mol. The van der Waals surface area contributed by atoms with Crippen molar-refractivity contribution in [2.45, 2.75) is 19.9 Å². The summed E-state index contributed by atoms with van der Waals surface area (Å²) >= 11 is 0. The minimum absolute atomic E-state index is 0.213. The molecule has 2 heterocycles. The summed E-state index contributed by atoms with van der Waals surface area (Å²) in [6, 6.07) is 4.82. The molecule has 6 nitrogen and oxygen atoms in total. The summed E-state index contributed by atoms with van der Waals surface area (Å²) in [6.07, 6.45) is 1.63. The Kier molecular flexibility index (Phi) is 3.51. The molecule has 1 unspecified atom stereocenters. The second-order valence-corrected chi connectivity index (χ2v) is 4.86. The van der Waals surface area contributed by atoms with Gasteiger partial charge < -0.3 is 19.2 Å². The molecule has 1 amide bonds. The molecule has 0 saturated carbocycles. The van der Waals surface area contributed by atoms with Crippen LogP contribution in [0.3, 0.4) is 0 Å². The van der Waals surface area contributed by atoms with Crippen LogP contribution in [-0.2, 0) is 0 Å². The van der Waals surface area contributed by atoms with Gasteiger partial charge in [0.2, 0.25) is 5.89 Å². The lowest BCUT2D eigenvalue weighted by atomic mass is 10.1. The van der Waals surface area contributed by atoms with E-state index in [-0.39, 0.29) is 11.9 Å². The highest BCUT2D eigenvalue weighted by molar-refractivity contribution is 5.95. The van der Waals surface area contributed by atoms with Crippen molar-refractivity contribution in [3.8, 4) is 11.5 Å². The zero-order valence-electron chi connectivity index (χ0n) is 11.9. The minimum Gasteiger partial charge on any atom is -0.486 e. The fourth-order valence-electron chi connectivity index (χ4n) is 2.10. The van der Waals surface area contributed by atoms with Gasteiger partial charge in [0.25, 0.3) is 5.91 Å². The Labute approximate surface area is 122 Å². The van der Waals surface area contributed by atoms with Crippen LogP contribution in [0.2, 0.25) is 0 Å². The predicted molar refractivity (Wildman–Crippen MR) is 74.6 cm³/mol. The molecule has 0 aliphatic carbocycles. The highest BCUT2D eigenvalue weighted by Crippen LogP contribution is 2.30. The number of hydrogen-bond acceptors (Lipinski definition) is 5. The molecule has 0 radical (unpaired) electrons. The number of carbonyl (C=O) groups is 1. The minimum atomic E-state index is -0.306. The first-order valence-electron chi connectivity index (χ1n) is 6.76. The van der Waals surface area contributed by atoms with Gasteiger partial charge in [-0.25, -0.2) is 4.98 Å². The van der Waals surface area contributed by atoms with Crippen LogP contribution in [0.4, 0.5) is 0 Å². The van der Waals surface area contributed by atoms with E-state index in [9.17, 15) is 4.79 Å². The van der Waals surface area contributed by atoms with Crippen LogP contribution in [-0.4, -0.2) is 24.1 Å². The number of nitrogens with zero attached hydrogens (tertiary/aromatic N) is 1. The molecular weight excluding hydrogens is 272 g/mol. The topological polar surface area (TPSA) is 73.6 Å². The molecule has 0 bridgehead atoms. The molecule has 1 N–H and O–H groups in total. The molecule has 1 aliphatic heterocycles. The monoisotopic (exact) mass is 288 g/mol. The van der Waals surface area contributed by atoms with Crippen LogP contribution in [0.1, 0.15) is 35.0 Å². The Balaban J connectivity index is 1.73. The summed E-state index contributed by atoms with van der Waals surface area (Å²) in [7, 11) is 0. The number of amides is 1. The van der Waals surface area contributed by atoms with Gasteiger partial charge in [-0.05, 0) is 32.0 Å². The van der Waals surface area contributed by atoms with E-state index in [1.165, 1.54) is 0 Å². The zero-order valence-corrected chi connectivity index (χ0v) is 11.9. The Morgan fingerprint density at radius 3 is 2.76 bits per heavy atom. The van der Waals surface area contributed by atoms with Gasteiger partial charge in [0.1, 0.15) is 25.0 Å². The van der Waals surface area contributed by atoms with Gasteiger partial charge >= 0.3 is 0 Å². The number of carbonyl (C=O) groups excluding carboxylic acids is 1. The predicted octanol–water partition coefficient (Wildman–Crippen LogP) is 2.25. The van der Waals surface area contributed by atoms with Crippen LogP contribution >= 0.6 is 0 Å². The van der Waals surface area contributed by atoms with Crippen molar-refractivity contribution in [2.75, 3.05) is 13.2 Å². The Morgan fingerprint density at radius 2 is 2.05 bits per heavy atom. The molecule has 0 saturated heterocycles. The maximum atomic E-state index is 12.2. The second-order valence-electron chi connectivity index (χ2n) is 4.86. The smallest absolute Gasteiger partial charge is 0.252 e. The molecule has 1 aromatic heterocycles. The number of aromatic nitrogens is 1. The molecule has 21 heavy (non-hydrogen) atoms. The maximum absolute atomic E-state index is 12.2. The van der Waals surface area contributed by atoms with E-state index >= 15 is 0 Å². The zero-order chi connectivity index (χ0) is 14.8. The summed E-state index contributed by atoms with van der Waals surface area (Å²) in [4.78, 5) is 16.4. The molecular formula is C15H16N2O4. The molecule has 2 aromatic rings. The van der Waals surface area contributed by atoms with Gasteiger partial charge in [-0.3, -0.25) is 4.79 Å². The Bertz CT molecular complexity index is 665. The van der Waals surface area contributed by atoms with Gasteiger partial charge in [-0.2, -0.15) is 0 Å². The molecule has 1 atom stereocenters. The maximum Gasteiger partial charge on any atom is 0.252 e. The SMILES string of the molecule is Cc1cnc(C(C)NC(=O)c2ccc3c(c2)OCCO3)o1. The number of nitrogens with one attached hydrogen (secondary N) is 1. The van der Waals surface area contributed by atoms with Gasteiger partial charge in [-0.15, -0.1) is 0 Å². The number of aryl methyl sites for hydroxylation is 1. The standard InChI is InChI=1S/C15H16N2O4/c1-9-8-16-15(21-9)10(2)17-14(18)11-3-4-12-13(7-11)20-6-5-19-12/h3-4,7-8,10H,5-6H2,1-2H3,(H,17,18). The summed E-state index contributed by atoms with van der Waals surface area (Å²) in [5.74, 6) is 2.24. The number of oxazole rings is 1. The first-order valence-corrected chi connectivity index (χ1v) is 6.76. The average Bonchev–Trinajstić information content (AvgIpc) is 2.93. The normalized spacial score (nSPS) is 14.6. The first-order chi connectivity index (χ1) is 10.1. The van der Waals surface area contributed by atoms with E-state index in [1.807, 2.05) is 13.8 Å². The largest absolute Gasteiger partial charge is 0.486 e. The fraction of sp³-hybridized carbons (Fsp3) is 0.333. The summed E-state index contributed by atoms with van der Waals surface area (Å²) in [5, 5.41) is 2.84. The molecule has 1 aromatic carbocycles. The molecule has 6 heteroatoms. The number of hydrogen-bond donors (Lipinski definition) is 1. The van der Waals surface area contributed by atoms with Crippen LogP contribution in [0, 0.1) is 6.92 Å². The second kappa shape index (κ2) is 5.47. The summed E-state index contributed by atoms with van der Waals surface area (Å²) in [6.45, 7) is 4.65. The molecule has 3 rings (SSSR count). The Morgan fingerprint density at radius 1 is 1.29 bits per heavy atom. The van der Waals surface area contributed by atoms with Crippen LogP contribution in [0.15, 0.2) is 28.8 Å². The van der Waals surface area contributed by atoms with Crippen LogP contribution < -0.4 is 14.8 Å². The lowest BCUT2D eigenvalue weighted by Gasteiger charge is -2.19. The van der Waals surface area contributed by atoms with E-state index in [4.69, 9.17) is 13.9 Å². The first kappa shape index (κ1) is 13.5. The third kappa shape index (κ3) is 2.84. The van der Waals surface area contributed by atoms with Crippen LogP contribution in [0.5, 0.6) is 11.5 Å². The molecule has 110 valence electrons. The van der Waals surface area contributed by atoms with E-state index in [1.54, 1.807) is 24.4 Å². The molecule has 0 fully saturated rings. The number of fused-ring (bicyclic) bond motifs is 1. The lowest BCUT2D eigenvalue weighted by molar-refractivity contribution is 0.0932. The third-order valence-electron chi connectivity index (χ3n) is 3.16. The Hall–Kier alpha value is -2.50. The summed E-state index contributed by atoms with van der Waals surface area (Å²) < 4.78 is 16.3. The van der Waals surface area contributed by atoms with Gasteiger partial charge in [-0.1, -0.05) is 0 Å². The highest BCUT2D eigenvalue weighted by atomic mass is 16.6. The van der Waals surface area contributed by atoms with Crippen molar-refractivity contribution in [3.05, 3.63) is 41.6 Å². The number of rotatable bonds is 3. The van der Waals surface area contributed by atoms with Gasteiger partial charge in [0, 0.05) is 5.56 Å². The molecule has 0 spiro atoms. The van der Waals surface area contributed by atoms with E-state index < -0.39 is 0 Å². The summed E-state index contributed by atoms with van der Waals surface area (Å²) in [5.41, 5.74) is 0.509. The van der Waals surface area contributed by atoms with E-state index in [0.717, 1.165) is 0 Å². The third-order valence-corrected chi connectivity index (χ3v) is 3.16. The number of ether oxygens (including phenoxy) is 2. The van der Waals surface area contributed by atoms with Crippen molar-refractivity contribution < 1.29 is 18.7 Å². The van der Waals surface area contributed by atoms with E-state index in [0.29, 0.717) is 41.9 Å². The van der Waals surface area contributed by atoms with Crippen molar-refractivity contribution in [2.24, 2.45) is 0 Å². The quantitative estimate of drug-likeness (QED) is 0.937. The highest BCUT2D eigenvalue weighted by Gasteiger charge is 2.18. The van der Waals surface area contributed by atoms with Crippen molar-refractivity contribution in [1.82, 2.24) is 10.3 Å². The number of benzene rings is 1. The van der Waals surface area contributed by atoms with Crippen molar-refractivity contribution in [3.63, 3.8) is 0 Å². The lowest BCUT2D eigenvalue weighted by Crippen LogP contribution is -2.27. The van der Waals surface area contributed by atoms with Crippen LogP contribution in [0.25, 0.3) is 0 Å². The van der Waals surface area contributed by atoms with Crippen molar-refractivity contribution >= 4 is 5.91 Å².